The Morgan fingerprint density at radius 2 is 1.57 bits per heavy atom. The average Bonchev–Trinajstić information content (AvgIpc) is 2.91. The Morgan fingerprint density at radius 1 is 0.952 bits per heavy atom. The minimum Gasteiger partial charge on any atom is -0.475 e. The number of carbonyl (C=O) groups is 2. The maximum atomic E-state index is 14.0. The number of aliphatic carboxylic acids is 1. The molecule has 1 heterocycles. The van der Waals surface area contributed by atoms with Crippen LogP contribution in [0, 0.1) is 11.7 Å². The summed E-state index contributed by atoms with van der Waals surface area (Å²) < 4.78 is 85.4. The molecule has 0 bridgehead atoms. The molecule has 3 aromatic rings. The van der Waals surface area contributed by atoms with Gasteiger partial charge in [0.05, 0.1) is 16.6 Å². The van der Waals surface area contributed by atoms with Crippen molar-refractivity contribution < 1.29 is 45.4 Å². The second-order valence-corrected chi connectivity index (χ2v) is 9.82. The highest BCUT2D eigenvalue weighted by atomic mass is 19.4. The molecule has 42 heavy (non-hydrogen) atoms. The molecule has 0 spiro atoms. The summed E-state index contributed by atoms with van der Waals surface area (Å²) in [6.45, 7) is 0.189. The molecule has 1 saturated carbocycles. The van der Waals surface area contributed by atoms with Gasteiger partial charge in [-0.2, -0.15) is 31.3 Å². The standard InChI is InChI=1S/C25H27F4N5O.C2HF3O2/c1-34(2)22-17-6-3-4-9-20(17)32-24(33-22)31-16-12-10-15(11-13-16)14-30-23(35)21-18(25(27,28)29)7-5-8-19(21)26;3-2(4,5)1(6)7/h3-9,15-16H,10-14H2,1-2H3,(H,30,35)(H,31,32,33);(H,6,7). The monoisotopic (exact) mass is 603 g/mol. The minimum atomic E-state index is -5.08. The van der Waals surface area contributed by atoms with Crippen LogP contribution in [0.5, 0.6) is 0 Å². The van der Waals surface area contributed by atoms with Crippen molar-refractivity contribution in [3.05, 3.63) is 59.4 Å². The Balaban J connectivity index is 0.000000616. The first-order chi connectivity index (χ1) is 19.6. The zero-order valence-corrected chi connectivity index (χ0v) is 22.5. The molecule has 0 aliphatic heterocycles. The summed E-state index contributed by atoms with van der Waals surface area (Å²) in [5, 5.41) is 14.0. The van der Waals surface area contributed by atoms with E-state index in [0.717, 1.165) is 54.5 Å². The van der Waals surface area contributed by atoms with Gasteiger partial charge in [-0.05, 0) is 55.9 Å². The van der Waals surface area contributed by atoms with E-state index in [1.807, 2.05) is 43.3 Å². The maximum Gasteiger partial charge on any atom is 0.490 e. The van der Waals surface area contributed by atoms with Gasteiger partial charge in [0, 0.05) is 32.1 Å². The number of nitrogens with zero attached hydrogens (tertiary/aromatic N) is 3. The van der Waals surface area contributed by atoms with Crippen LogP contribution in [-0.4, -0.2) is 59.8 Å². The lowest BCUT2D eigenvalue weighted by atomic mass is 9.86. The molecular weight excluding hydrogens is 575 g/mol. The normalized spacial score (nSPS) is 17.2. The summed E-state index contributed by atoms with van der Waals surface area (Å²) >= 11 is 0. The number of carboxylic acid groups (broad SMARTS) is 1. The number of hydrogen-bond donors (Lipinski definition) is 3. The zero-order chi connectivity index (χ0) is 31.2. The number of alkyl halides is 6. The number of aromatic nitrogens is 2. The van der Waals surface area contributed by atoms with Crippen LogP contribution in [0.25, 0.3) is 10.9 Å². The number of amides is 1. The Labute approximate surface area is 235 Å². The van der Waals surface area contributed by atoms with Crippen LogP contribution >= 0.6 is 0 Å². The van der Waals surface area contributed by atoms with Gasteiger partial charge in [0.25, 0.3) is 5.91 Å². The van der Waals surface area contributed by atoms with Crippen molar-refractivity contribution in [1.82, 2.24) is 15.3 Å². The van der Waals surface area contributed by atoms with Gasteiger partial charge in [-0.25, -0.2) is 14.2 Å². The van der Waals surface area contributed by atoms with E-state index >= 15 is 0 Å². The molecule has 8 nitrogen and oxygen atoms in total. The van der Waals surface area contributed by atoms with Crippen molar-refractivity contribution in [3.63, 3.8) is 0 Å². The molecule has 1 fully saturated rings. The van der Waals surface area contributed by atoms with E-state index in [4.69, 9.17) is 9.90 Å². The molecule has 0 atom stereocenters. The number of benzene rings is 2. The molecule has 0 saturated heterocycles. The third-order valence-corrected chi connectivity index (χ3v) is 6.53. The lowest BCUT2D eigenvalue weighted by Gasteiger charge is -2.29. The third-order valence-electron chi connectivity index (χ3n) is 6.53. The molecule has 2 aromatic carbocycles. The molecule has 1 aliphatic rings. The van der Waals surface area contributed by atoms with E-state index in [2.05, 4.69) is 20.6 Å². The molecule has 0 unspecified atom stereocenters. The third kappa shape index (κ3) is 8.42. The van der Waals surface area contributed by atoms with Crippen LogP contribution in [-0.2, 0) is 11.0 Å². The van der Waals surface area contributed by atoms with E-state index in [1.54, 1.807) is 0 Å². The molecule has 1 aromatic heterocycles. The minimum absolute atomic E-state index is 0.0907. The quantitative estimate of drug-likeness (QED) is 0.302. The van der Waals surface area contributed by atoms with E-state index in [1.165, 1.54) is 0 Å². The van der Waals surface area contributed by atoms with Gasteiger partial charge in [-0.1, -0.05) is 18.2 Å². The second-order valence-electron chi connectivity index (χ2n) is 9.82. The first kappa shape index (κ1) is 32.3. The number of hydrogen-bond acceptors (Lipinski definition) is 6. The summed E-state index contributed by atoms with van der Waals surface area (Å²) in [5.41, 5.74) is -1.38. The first-order valence-electron chi connectivity index (χ1n) is 12.7. The van der Waals surface area contributed by atoms with Crippen LogP contribution in [0.15, 0.2) is 42.5 Å². The SMILES string of the molecule is CN(C)c1nc(NC2CCC(CNC(=O)c3c(F)cccc3C(F)(F)F)CC2)nc2ccccc12.O=C(O)C(F)(F)F. The zero-order valence-electron chi connectivity index (χ0n) is 22.5. The molecule has 228 valence electrons. The van der Waals surface area contributed by atoms with Crippen molar-refractivity contribution in [3.8, 4) is 0 Å². The lowest BCUT2D eigenvalue weighted by molar-refractivity contribution is -0.192. The fourth-order valence-corrected chi connectivity index (χ4v) is 4.48. The summed E-state index contributed by atoms with van der Waals surface area (Å²) in [6.07, 6.45) is -6.79. The predicted molar refractivity (Wildman–Crippen MR) is 141 cm³/mol. The summed E-state index contributed by atoms with van der Waals surface area (Å²) in [4.78, 5) is 32.5. The summed E-state index contributed by atoms with van der Waals surface area (Å²) in [7, 11) is 3.86. The smallest absolute Gasteiger partial charge is 0.475 e. The number of carboxylic acids is 1. The molecule has 3 N–H and O–H groups in total. The Hall–Kier alpha value is -4.17. The first-order valence-corrected chi connectivity index (χ1v) is 12.7. The number of rotatable bonds is 6. The van der Waals surface area contributed by atoms with Gasteiger partial charge in [0.2, 0.25) is 5.95 Å². The fraction of sp³-hybridized carbons (Fsp3) is 0.407. The fourth-order valence-electron chi connectivity index (χ4n) is 4.48. The van der Waals surface area contributed by atoms with Crippen molar-refractivity contribution in [2.45, 2.75) is 44.1 Å². The van der Waals surface area contributed by atoms with E-state index in [9.17, 15) is 35.5 Å². The number of nitrogens with one attached hydrogen (secondary N) is 2. The van der Waals surface area contributed by atoms with Gasteiger partial charge in [0.1, 0.15) is 11.6 Å². The number of carbonyl (C=O) groups excluding carboxylic acids is 1. The van der Waals surface area contributed by atoms with Crippen molar-refractivity contribution >= 4 is 34.5 Å². The Morgan fingerprint density at radius 3 is 2.14 bits per heavy atom. The molecule has 15 heteroatoms. The van der Waals surface area contributed by atoms with Gasteiger partial charge < -0.3 is 20.6 Å². The molecule has 1 amide bonds. The summed E-state index contributed by atoms with van der Waals surface area (Å²) in [6, 6.07) is 10.5. The van der Waals surface area contributed by atoms with Crippen LogP contribution in [0.4, 0.5) is 42.5 Å². The number of halogens is 7. The summed E-state index contributed by atoms with van der Waals surface area (Å²) in [5.74, 6) is -3.53. The topological polar surface area (TPSA) is 107 Å². The van der Waals surface area contributed by atoms with Gasteiger partial charge in [0.15, 0.2) is 0 Å². The lowest BCUT2D eigenvalue weighted by Crippen LogP contribution is -2.35. The van der Waals surface area contributed by atoms with Crippen LogP contribution in [0.1, 0.15) is 41.6 Å². The van der Waals surface area contributed by atoms with Gasteiger partial charge in [-0.15, -0.1) is 0 Å². The van der Waals surface area contributed by atoms with Gasteiger partial charge in [-0.3, -0.25) is 4.79 Å². The van der Waals surface area contributed by atoms with Crippen LogP contribution in [0.3, 0.4) is 0 Å². The Bertz CT molecular complexity index is 1410. The highest BCUT2D eigenvalue weighted by Crippen LogP contribution is 2.33. The second kappa shape index (κ2) is 13.2. The largest absolute Gasteiger partial charge is 0.490 e. The Kier molecular flexibility index (Phi) is 10.2. The van der Waals surface area contributed by atoms with Gasteiger partial charge >= 0.3 is 18.3 Å². The molecule has 1 aliphatic carbocycles. The van der Waals surface area contributed by atoms with Crippen molar-refractivity contribution in [2.24, 2.45) is 5.92 Å². The van der Waals surface area contributed by atoms with E-state index in [-0.39, 0.29) is 18.5 Å². The molecule has 0 radical (unpaired) electrons. The molecular formula is C27H28F7N5O3. The maximum absolute atomic E-state index is 14.0. The molecule has 4 rings (SSSR count). The van der Waals surface area contributed by atoms with Crippen LogP contribution < -0.4 is 15.5 Å². The van der Waals surface area contributed by atoms with E-state index < -0.39 is 41.2 Å². The van der Waals surface area contributed by atoms with Crippen LogP contribution in [0.2, 0.25) is 0 Å². The number of fused-ring (bicyclic) bond motifs is 1. The number of para-hydroxylation sites is 1. The van der Waals surface area contributed by atoms with Crippen molar-refractivity contribution in [1.29, 1.82) is 0 Å². The highest BCUT2D eigenvalue weighted by Gasteiger charge is 2.38. The van der Waals surface area contributed by atoms with E-state index in [0.29, 0.717) is 12.0 Å². The highest BCUT2D eigenvalue weighted by molar-refractivity contribution is 5.96. The number of anilines is 2. The average molecular weight is 604 g/mol. The predicted octanol–water partition coefficient (Wildman–Crippen LogP) is 5.89. The van der Waals surface area contributed by atoms with Crippen molar-refractivity contribution in [2.75, 3.05) is 30.9 Å².